The van der Waals surface area contributed by atoms with Gasteiger partial charge >= 0.3 is 12.4 Å². The SMILES string of the molecule is CC(C)Oc1ccc(/C(N)=N/O)cc1C(F)(F)F.CC(C)Oc1ccc(C#N)cc1C(F)(F)F. The molecule has 0 unspecified atom stereocenters. The number of hydrogen-bond acceptors (Lipinski definition) is 5. The highest BCUT2D eigenvalue weighted by Crippen LogP contribution is 2.38. The molecule has 0 fully saturated rings. The Bertz CT molecular complexity index is 1040. The predicted molar refractivity (Wildman–Crippen MR) is 112 cm³/mol. The Morgan fingerprint density at radius 2 is 1.32 bits per heavy atom. The Morgan fingerprint density at radius 3 is 1.71 bits per heavy atom. The summed E-state index contributed by atoms with van der Waals surface area (Å²) in [5.41, 5.74) is 3.31. The maximum Gasteiger partial charge on any atom is 0.420 e. The van der Waals surface area contributed by atoms with Crippen LogP contribution in [0, 0.1) is 11.3 Å². The molecule has 0 aromatic heterocycles. The number of amidine groups is 1. The average Bonchev–Trinajstić information content (AvgIpc) is 2.71. The van der Waals surface area contributed by atoms with Gasteiger partial charge in [0.05, 0.1) is 35.0 Å². The number of hydrogen-bond donors (Lipinski definition) is 2. The lowest BCUT2D eigenvalue weighted by molar-refractivity contribution is -0.140. The van der Waals surface area contributed by atoms with Crippen LogP contribution in [0.3, 0.4) is 0 Å². The molecular formula is C22H23F6N3O3. The Balaban J connectivity index is 0.000000342. The van der Waals surface area contributed by atoms with E-state index in [1.165, 1.54) is 18.2 Å². The molecule has 186 valence electrons. The van der Waals surface area contributed by atoms with E-state index in [4.69, 9.17) is 25.7 Å². The highest BCUT2D eigenvalue weighted by Gasteiger charge is 2.36. The molecule has 12 heteroatoms. The van der Waals surface area contributed by atoms with Gasteiger partial charge in [0.25, 0.3) is 0 Å². The number of rotatable bonds is 5. The maximum absolute atomic E-state index is 12.8. The topological polar surface area (TPSA) is 101 Å². The van der Waals surface area contributed by atoms with Crippen molar-refractivity contribution in [2.75, 3.05) is 0 Å². The monoisotopic (exact) mass is 491 g/mol. The number of oxime groups is 1. The van der Waals surface area contributed by atoms with E-state index in [-0.39, 0.29) is 34.8 Å². The van der Waals surface area contributed by atoms with Crippen molar-refractivity contribution in [2.45, 2.75) is 52.3 Å². The van der Waals surface area contributed by atoms with E-state index in [1.807, 2.05) is 0 Å². The van der Waals surface area contributed by atoms with Gasteiger partial charge in [-0.3, -0.25) is 0 Å². The van der Waals surface area contributed by atoms with E-state index in [9.17, 15) is 26.3 Å². The van der Waals surface area contributed by atoms with Crippen molar-refractivity contribution in [2.24, 2.45) is 10.9 Å². The third-order valence-corrected chi connectivity index (χ3v) is 3.83. The first kappa shape index (κ1) is 28.4. The molecule has 0 amide bonds. The highest BCUT2D eigenvalue weighted by molar-refractivity contribution is 5.97. The molecule has 34 heavy (non-hydrogen) atoms. The molecule has 2 aromatic rings. The molecule has 3 N–H and O–H groups in total. The molecule has 0 atom stereocenters. The van der Waals surface area contributed by atoms with Crippen molar-refractivity contribution < 1.29 is 41.0 Å². The fourth-order valence-corrected chi connectivity index (χ4v) is 2.50. The van der Waals surface area contributed by atoms with E-state index in [0.29, 0.717) is 0 Å². The van der Waals surface area contributed by atoms with Crippen LogP contribution in [0.2, 0.25) is 0 Å². The van der Waals surface area contributed by atoms with Crippen LogP contribution in [0.5, 0.6) is 11.5 Å². The number of nitrogens with two attached hydrogens (primary N) is 1. The molecule has 0 bridgehead atoms. The average molecular weight is 491 g/mol. The van der Waals surface area contributed by atoms with Crippen LogP contribution in [0.15, 0.2) is 41.6 Å². The zero-order valence-electron chi connectivity index (χ0n) is 18.6. The Labute approximate surface area is 192 Å². The van der Waals surface area contributed by atoms with Crippen molar-refractivity contribution >= 4 is 5.84 Å². The number of nitrogens with zero attached hydrogens (tertiary/aromatic N) is 2. The van der Waals surface area contributed by atoms with Crippen molar-refractivity contribution in [3.8, 4) is 17.6 Å². The number of halogens is 6. The van der Waals surface area contributed by atoms with Crippen LogP contribution < -0.4 is 15.2 Å². The fourth-order valence-electron chi connectivity index (χ4n) is 2.50. The summed E-state index contributed by atoms with van der Waals surface area (Å²) in [6, 6.07) is 8.15. The molecule has 0 heterocycles. The highest BCUT2D eigenvalue weighted by atomic mass is 19.4. The number of ether oxygens (including phenoxy) is 2. The van der Waals surface area contributed by atoms with Crippen LogP contribution in [-0.2, 0) is 12.4 Å². The molecule has 0 saturated heterocycles. The van der Waals surface area contributed by atoms with Crippen molar-refractivity contribution in [1.29, 1.82) is 5.26 Å². The first-order chi connectivity index (χ1) is 15.6. The van der Waals surface area contributed by atoms with Crippen molar-refractivity contribution in [3.05, 3.63) is 58.7 Å². The minimum Gasteiger partial charge on any atom is -0.490 e. The van der Waals surface area contributed by atoms with E-state index < -0.39 is 29.3 Å². The molecule has 6 nitrogen and oxygen atoms in total. The van der Waals surface area contributed by atoms with E-state index >= 15 is 0 Å². The minimum absolute atomic E-state index is 0.0269. The van der Waals surface area contributed by atoms with Gasteiger partial charge in [0.2, 0.25) is 0 Å². The minimum atomic E-state index is -4.57. The van der Waals surface area contributed by atoms with Crippen molar-refractivity contribution in [3.63, 3.8) is 0 Å². The summed E-state index contributed by atoms with van der Waals surface area (Å²) in [7, 11) is 0. The Morgan fingerprint density at radius 1 is 0.882 bits per heavy atom. The van der Waals surface area contributed by atoms with Gasteiger partial charge in [-0.15, -0.1) is 0 Å². The third-order valence-electron chi connectivity index (χ3n) is 3.83. The van der Waals surface area contributed by atoms with Gasteiger partial charge in [-0.25, -0.2) is 0 Å². The van der Waals surface area contributed by atoms with Gasteiger partial charge in [-0.1, -0.05) is 5.16 Å². The molecule has 2 rings (SSSR count). The quantitative estimate of drug-likeness (QED) is 0.177. The van der Waals surface area contributed by atoms with Crippen LogP contribution in [-0.4, -0.2) is 23.3 Å². The molecule has 0 saturated carbocycles. The second-order valence-corrected chi connectivity index (χ2v) is 7.35. The summed E-state index contributed by atoms with van der Waals surface area (Å²) in [6.07, 6.45) is -9.83. The van der Waals surface area contributed by atoms with Crippen LogP contribution in [0.1, 0.15) is 49.9 Å². The van der Waals surface area contributed by atoms with Crippen LogP contribution >= 0.6 is 0 Å². The molecule has 0 aliphatic heterocycles. The lowest BCUT2D eigenvalue weighted by Gasteiger charge is -2.17. The van der Waals surface area contributed by atoms with E-state index in [1.54, 1.807) is 33.8 Å². The lowest BCUT2D eigenvalue weighted by atomic mass is 10.1. The van der Waals surface area contributed by atoms with Gasteiger partial charge in [-0.05, 0) is 64.1 Å². The third kappa shape index (κ3) is 8.38. The predicted octanol–water partition coefficient (Wildman–Crippen LogP) is 5.95. The Hall–Kier alpha value is -3.62. The summed E-state index contributed by atoms with van der Waals surface area (Å²) in [6.45, 7) is 6.52. The fraction of sp³-hybridized carbons (Fsp3) is 0.364. The molecule has 0 aliphatic rings. The van der Waals surface area contributed by atoms with Gasteiger partial charge in [0.1, 0.15) is 11.5 Å². The summed E-state index contributed by atoms with van der Waals surface area (Å²) >= 11 is 0. The van der Waals surface area contributed by atoms with Gasteiger partial charge in [0.15, 0.2) is 5.84 Å². The first-order valence-electron chi connectivity index (χ1n) is 9.73. The normalized spacial score (nSPS) is 12.1. The summed E-state index contributed by atoms with van der Waals surface area (Å²) in [4.78, 5) is 0. The molecule has 2 aromatic carbocycles. The lowest BCUT2D eigenvalue weighted by Crippen LogP contribution is -2.17. The number of nitriles is 1. The van der Waals surface area contributed by atoms with Gasteiger partial charge in [-0.2, -0.15) is 31.6 Å². The van der Waals surface area contributed by atoms with Crippen LogP contribution in [0.4, 0.5) is 26.3 Å². The molecule has 0 radical (unpaired) electrons. The summed E-state index contributed by atoms with van der Waals surface area (Å²) in [5.74, 6) is -0.926. The molecule has 0 spiro atoms. The second kappa shape index (κ2) is 11.5. The maximum atomic E-state index is 12.8. The standard InChI is InChI=1S/C11H13F3N2O2.C11H10F3NO/c1-6(2)18-9-4-3-7(10(15)16-17)5-8(9)11(12,13)14;1-7(2)16-10-4-3-8(6-15)5-9(10)11(12,13)14/h3-6,17H,1-2H3,(H2,15,16);3-5,7H,1-2H3. The summed E-state index contributed by atoms with van der Waals surface area (Å²) < 4.78 is 86.5. The number of benzene rings is 2. The van der Waals surface area contributed by atoms with E-state index in [2.05, 4.69) is 5.16 Å². The van der Waals surface area contributed by atoms with E-state index in [0.717, 1.165) is 18.2 Å². The van der Waals surface area contributed by atoms with Crippen molar-refractivity contribution in [1.82, 2.24) is 0 Å². The smallest absolute Gasteiger partial charge is 0.420 e. The zero-order chi connectivity index (χ0) is 26.3. The summed E-state index contributed by atoms with van der Waals surface area (Å²) in [5, 5.41) is 19.6. The van der Waals surface area contributed by atoms with Crippen LogP contribution in [0.25, 0.3) is 0 Å². The molecular weight excluding hydrogens is 468 g/mol. The molecule has 0 aliphatic carbocycles. The number of alkyl halides is 6. The Kier molecular flexibility index (Phi) is 9.60. The van der Waals surface area contributed by atoms with Gasteiger partial charge < -0.3 is 20.4 Å². The van der Waals surface area contributed by atoms with Gasteiger partial charge in [0, 0.05) is 5.56 Å². The zero-order valence-corrected chi connectivity index (χ0v) is 18.6. The first-order valence-corrected chi connectivity index (χ1v) is 9.73. The largest absolute Gasteiger partial charge is 0.490 e. The second-order valence-electron chi connectivity index (χ2n) is 7.35.